The summed E-state index contributed by atoms with van der Waals surface area (Å²) in [6.07, 6.45) is 2.29. The first kappa shape index (κ1) is 6.86. The predicted octanol–water partition coefficient (Wildman–Crippen LogP) is 2.87. The third-order valence-electron chi connectivity index (χ3n) is 1.62. The molecule has 0 atom stereocenters. The van der Waals surface area contributed by atoms with E-state index in [-0.39, 0.29) is 0 Å². The van der Waals surface area contributed by atoms with E-state index >= 15 is 0 Å². The molecule has 56 valence electrons. The molecule has 0 aromatic carbocycles. The largest absolute Gasteiger partial charge is 0.427 e. The molecular formula is C7H5BrN2O. The zero-order valence-corrected chi connectivity index (χ0v) is 7.26. The minimum absolute atomic E-state index is 0.340. The van der Waals surface area contributed by atoms with Gasteiger partial charge in [0.1, 0.15) is 0 Å². The minimum Gasteiger partial charge on any atom is -0.427 e. The van der Waals surface area contributed by atoms with Crippen LogP contribution >= 0.6 is 15.9 Å². The Morgan fingerprint density at radius 2 is 2.36 bits per heavy atom. The third kappa shape index (κ3) is 1.16. The second-order valence-electron chi connectivity index (χ2n) is 2.54. The second kappa shape index (κ2) is 2.35. The SMILES string of the molecule is [C-]#[N+]c1nc(C2CC2)oc1Br. The van der Waals surface area contributed by atoms with E-state index < -0.39 is 0 Å². The molecule has 0 spiro atoms. The summed E-state index contributed by atoms with van der Waals surface area (Å²) in [6.45, 7) is 6.73. The Bertz CT molecular complexity index is 322. The maximum atomic E-state index is 6.73. The fraction of sp³-hybridized carbons (Fsp3) is 0.429. The van der Waals surface area contributed by atoms with Gasteiger partial charge in [0.05, 0.1) is 5.92 Å². The summed E-state index contributed by atoms with van der Waals surface area (Å²) < 4.78 is 5.69. The van der Waals surface area contributed by atoms with E-state index in [1.54, 1.807) is 0 Å². The number of hydrogen-bond acceptors (Lipinski definition) is 2. The van der Waals surface area contributed by atoms with Crippen LogP contribution < -0.4 is 0 Å². The normalized spacial score (nSPS) is 16.4. The highest BCUT2D eigenvalue weighted by Gasteiger charge is 2.32. The molecule has 2 rings (SSSR count). The Balaban J connectivity index is 2.38. The average molecular weight is 213 g/mol. The fourth-order valence-electron chi connectivity index (χ4n) is 0.882. The van der Waals surface area contributed by atoms with Crippen LogP contribution in [0.3, 0.4) is 0 Å². The lowest BCUT2D eigenvalue weighted by Crippen LogP contribution is -1.74. The van der Waals surface area contributed by atoms with Crippen molar-refractivity contribution >= 4 is 21.7 Å². The quantitative estimate of drug-likeness (QED) is 0.671. The van der Waals surface area contributed by atoms with Crippen LogP contribution in [0.25, 0.3) is 4.85 Å². The zero-order chi connectivity index (χ0) is 7.84. The topological polar surface area (TPSA) is 30.4 Å². The molecule has 3 nitrogen and oxygen atoms in total. The lowest BCUT2D eigenvalue weighted by Gasteiger charge is -1.78. The van der Waals surface area contributed by atoms with Gasteiger partial charge in [0.2, 0.25) is 4.67 Å². The maximum absolute atomic E-state index is 6.73. The van der Waals surface area contributed by atoms with Gasteiger partial charge < -0.3 is 9.26 Å². The molecule has 4 heteroatoms. The standard InChI is InChI=1S/C7H5BrN2O/c1-9-6-5(8)11-7(10-6)4-2-3-4/h4H,2-3H2. The lowest BCUT2D eigenvalue weighted by molar-refractivity contribution is 0.478. The van der Waals surface area contributed by atoms with Gasteiger partial charge in [-0.1, -0.05) is 11.6 Å². The van der Waals surface area contributed by atoms with Gasteiger partial charge in [-0.05, 0) is 28.8 Å². The Labute approximate surface area is 72.4 Å². The van der Waals surface area contributed by atoms with Gasteiger partial charge in [0, 0.05) is 0 Å². The van der Waals surface area contributed by atoms with Gasteiger partial charge in [0.15, 0.2) is 0 Å². The molecule has 0 aliphatic heterocycles. The summed E-state index contributed by atoms with van der Waals surface area (Å²) in [4.78, 5) is 7.22. The Morgan fingerprint density at radius 1 is 1.64 bits per heavy atom. The molecule has 1 fully saturated rings. The molecule has 0 radical (unpaired) electrons. The molecule has 0 unspecified atom stereocenters. The van der Waals surface area contributed by atoms with Crippen molar-refractivity contribution in [2.24, 2.45) is 0 Å². The van der Waals surface area contributed by atoms with Crippen LogP contribution in [0, 0.1) is 6.57 Å². The first-order chi connectivity index (χ1) is 5.31. The molecule has 1 aromatic rings. The Kier molecular flexibility index (Phi) is 1.46. The molecule has 0 amide bonds. The number of hydrogen-bond donors (Lipinski definition) is 0. The molecule has 0 saturated heterocycles. The van der Waals surface area contributed by atoms with Gasteiger partial charge >= 0.3 is 5.82 Å². The lowest BCUT2D eigenvalue weighted by atomic mass is 10.4. The van der Waals surface area contributed by atoms with E-state index in [0.717, 1.165) is 12.8 Å². The number of rotatable bonds is 1. The van der Waals surface area contributed by atoms with Gasteiger partial charge in [-0.3, -0.25) is 0 Å². The molecule has 1 heterocycles. The van der Waals surface area contributed by atoms with E-state index in [1.807, 2.05) is 0 Å². The highest BCUT2D eigenvalue weighted by atomic mass is 79.9. The summed E-state index contributed by atoms with van der Waals surface area (Å²) in [7, 11) is 0. The number of aromatic nitrogens is 1. The zero-order valence-electron chi connectivity index (χ0n) is 5.67. The van der Waals surface area contributed by atoms with Crippen LogP contribution in [0.5, 0.6) is 0 Å². The highest BCUT2D eigenvalue weighted by Crippen LogP contribution is 2.42. The molecule has 0 N–H and O–H groups in total. The van der Waals surface area contributed by atoms with Crippen molar-refractivity contribution in [3.05, 3.63) is 22.0 Å². The molecule has 1 saturated carbocycles. The van der Waals surface area contributed by atoms with E-state index in [1.165, 1.54) is 0 Å². The summed E-state index contributed by atoms with van der Waals surface area (Å²) in [6, 6.07) is 0. The summed E-state index contributed by atoms with van der Waals surface area (Å²) in [5, 5.41) is 0. The van der Waals surface area contributed by atoms with E-state index in [2.05, 4.69) is 25.8 Å². The highest BCUT2D eigenvalue weighted by molar-refractivity contribution is 9.10. The van der Waals surface area contributed by atoms with Crippen LogP contribution in [-0.2, 0) is 0 Å². The van der Waals surface area contributed by atoms with E-state index in [9.17, 15) is 0 Å². The van der Waals surface area contributed by atoms with Crippen LogP contribution in [0.15, 0.2) is 9.09 Å². The van der Waals surface area contributed by atoms with Crippen molar-refractivity contribution in [2.45, 2.75) is 18.8 Å². The van der Waals surface area contributed by atoms with Crippen LogP contribution in [0.4, 0.5) is 5.82 Å². The van der Waals surface area contributed by atoms with Gasteiger partial charge in [-0.2, -0.15) is 0 Å². The molecule has 0 bridgehead atoms. The second-order valence-corrected chi connectivity index (χ2v) is 3.26. The average Bonchev–Trinajstić information content (AvgIpc) is 2.76. The number of halogens is 1. The number of nitrogens with zero attached hydrogens (tertiary/aromatic N) is 2. The van der Waals surface area contributed by atoms with Crippen molar-refractivity contribution in [1.29, 1.82) is 0 Å². The summed E-state index contributed by atoms with van der Waals surface area (Å²) in [5.41, 5.74) is 0. The first-order valence-electron chi connectivity index (χ1n) is 3.35. The van der Waals surface area contributed by atoms with Crippen LogP contribution in [0.2, 0.25) is 0 Å². The van der Waals surface area contributed by atoms with Crippen LogP contribution in [-0.4, -0.2) is 4.98 Å². The molecule has 1 aromatic heterocycles. The molecular weight excluding hydrogens is 208 g/mol. The van der Waals surface area contributed by atoms with Crippen molar-refractivity contribution in [2.75, 3.05) is 0 Å². The minimum atomic E-state index is 0.340. The Hall–Kier alpha value is -0.820. The van der Waals surface area contributed by atoms with E-state index in [0.29, 0.717) is 22.3 Å². The van der Waals surface area contributed by atoms with Crippen molar-refractivity contribution in [1.82, 2.24) is 4.98 Å². The van der Waals surface area contributed by atoms with Gasteiger partial charge in [-0.15, -0.1) is 0 Å². The summed E-state index contributed by atoms with van der Waals surface area (Å²) >= 11 is 3.13. The monoisotopic (exact) mass is 212 g/mol. The predicted molar refractivity (Wildman–Crippen MR) is 42.4 cm³/mol. The molecule has 1 aliphatic carbocycles. The van der Waals surface area contributed by atoms with Crippen molar-refractivity contribution in [3.63, 3.8) is 0 Å². The number of oxazole rings is 1. The van der Waals surface area contributed by atoms with Gasteiger partial charge in [0.25, 0.3) is 5.89 Å². The van der Waals surface area contributed by atoms with Crippen molar-refractivity contribution in [3.8, 4) is 0 Å². The Morgan fingerprint density at radius 3 is 2.82 bits per heavy atom. The first-order valence-corrected chi connectivity index (χ1v) is 4.14. The van der Waals surface area contributed by atoms with Gasteiger partial charge in [-0.25, -0.2) is 0 Å². The maximum Gasteiger partial charge on any atom is 0.323 e. The fourth-order valence-corrected chi connectivity index (χ4v) is 1.23. The van der Waals surface area contributed by atoms with Crippen LogP contribution in [0.1, 0.15) is 24.7 Å². The smallest absolute Gasteiger partial charge is 0.323 e. The van der Waals surface area contributed by atoms with Crippen molar-refractivity contribution < 1.29 is 4.42 Å². The van der Waals surface area contributed by atoms with E-state index in [4.69, 9.17) is 11.0 Å². The summed E-state index contributed by atoms with van der Waals surface area (Å²) in [5.74, 6) is 1.52. The molecule has 1 aliphatic rings. The third-order valence-corrected chi connectivity index (χ3v) is 2.14. The molecule has 11 heavy (non-hydrogen) atoms.